The highest BCUT2D eigenvalue weighted by atomic mass is 16.5. The average molecular weight is 288 g/mol. The quantitative estimate of drug-likeness (QED) is 0.816. The van der Waals surface area contributed by atoms with Gasteiger partial charge in [0.25, 0.3) is 0 Å². The fraction of sp³-hybridized carbons (Fsp3) is 0.333. The molecule has 2 aromatic rings. The molecule has 2 rings (SSSR count). The topological polar surface area (TPSA) is 68.3 Å². The number of rotatable bonds is 7. The SMILES string of the molecule is CCCNc1ccnc(Nc2ccc(OC)cc2OC)n1. The molecule has 21 heavy (non-hydrogen) atoms. The summed E-state index contributed by atoms with van der Waals surface area (Å²) >= 11 is 0. The molecule has 0 unspecified atom stereocenters. The van der Waals surface area contributed by atoms with Crippen molar-refractivity contribution < 1.29 is 9.47 Å². The minimum Gasteiger partial charge on any atom is -0.497 e. The summed E-state index contributed by atoms with van der Waals surface area (Å²) in [5, 5.41) is 6.37. The molecule has 0 aliphatic heterocycles. The van der Waals surface area contributed by atoms with E-state index in [1.54, 1.807) is 20.4 Å². The molecule has 6 nitrogen and oxygen atoms in total. The number of methoxy groups -OCH3 is 2. The minimum atomic E-state index is 0.513. The maximum absolute atomic E-state index is 5.34. The van der Waals surface area contributed by atoms with Gasteiger partial charge in [-0.25, -0.2) is 4.98 Å². The van der Waals surface area contributed by atoms with Gasteiger partial charge in [0.15, 0.2) is 0 Å². The van der Waals surface area contributed by atoms with Crippen LogP contribution in [0.5, 0.6) is 11.5 Å². The molecular weight excluding hydrogens is 268 g/mol. The van der Waals surface area contributed by atoms with Gasteiger partial charge in [-0.1, -0.05) is 6.92 Å². The van der Waals surface area contributed by atoms with Gasteiger partial charge in [-0.15, -0.1) is 0 Å². The van der Waals surface area contributed by atoms with E-state index in [1.807, 2.05) is 24.3 Å². The van der Waals surface area contributed by atoms with Crippen LogP contribution in [0.2, 0.25) is 0 Å². The van der Waals surface area contributed by atoms with Crippen LogP contribution >= 0.6 is 0 Å². The number of ether oxygens (including phenoxy) is 2. The van der Waals surface area contributed by atoms with Crippen molar-refractivity contribution in [3.63, 3.8) is 0 Å². The number of benzene rings is 1. The first-order chi connectivity index (χ1) is 10.3. The monoisotopic (exact) mass is 288 g/mol. The van der Waals surface area contributed by atoms with E-state index in [1.165, 1.54) is 0 Å². The normalized spacial score (nSPS) is 10.0. The molecule has 0 spiro atoms. The second-order valence-corrected chi connectivity index (χ2v) is 4.38. The molecule has 0 aliphatic rings. The van der Waals surface area contributed by atoms with Crippen molar-refractivity contribution >= 4 is 17.5 Å². The van der Waals surface area contributed by atoms with Gasteiger partial charge < -0.3 is 20.1 Å². The van der Waals surface area contributed by atoms with E-state index in [4.69, 9.17) is 9.47 Å². The molecule has 112 valence electrons. The van der Waals surface area contributed by atoms with E-state index in [0.717, 1.165) is 30.2 Å². The van der Waals surface area contributed by atoms with E-state index in [0.29, 0.717) is 11.7 Å². The molecule has 6 heteroatoms. The number of nitrogens with one attached hydrogen (secondary N) is 2. The summed E-state index contributed by atoms with van der Waals surface area (Å²) in [7, 11) is 3.23. The van der Waals surface area contributed by atoms with E-state index in [-0.39, 0.29) is 0 Å². The Kier molecular flexibility index (Phi) is 5.20. The maximum atomic E-state index is 5.34. The number of hydrogen-bond acceptors (Lipinski definition) is 6. The van der Waals surface area contributed by atoms with Gasteiger partial charge in [0.1, 0.15) is 17.3 Å². The summed E-state index contributed by atoms with van der Waals surface area (Å²) in [4.78, 5) is 8.62. The van der Waals surface area contributed by atoms with Crippen LogP contribution < -0.4 is 20.1 Å². The van der Waals surface area contributed by atoms with Crippen LogP contribution in [-0.4, -0.2) is 30.7 Å². The Morgan fingerprint density at radius 1 is 1.14 bits per heavy atom. The van der Waals surface area contributed by atoms with Crippen molar-refractivity contribution in [2.24, 2.45) is 0 Å². The molecule has 2 N–H and O–H groups in total. The molecule has 0 saturated carbocycles. The van der Waals surface area contributed by atoms with Gasteiger partial charge >= 0.3 is 0 Å². The van der Waals surface area contributed by atoms with Crippen molar-refractivity contribution in [3.8, 4) is 11.5 Å². The number of hydrogen-bond donors (Lipinski definition) is 2. The lowest BCUT2D eigenvalue weighted by Gasteiger charge is -2.12. The highest BCUT2D eigenvalue weighted by Crippen LogP contribution is 2.30. The van der Waals surface area contributed by atoms with E-state index in [9.17, 15) is 0 Å². The van der Waals surface area contributed by atoms with E-state index in [2.05, 4.69) is 27.5 Å². The largest absolute Gasteiger partial charge is 0.497 e. The summed E-state index contributed by atoms with van der Waals surface area (Å²) in [6.45, 7) is 2.98. The summed E-state index contributed by atoms with van der Waals surface area (Å²) in [6, 6.07) is 7.37. The van der Waals surface area contributed by atoms with Crippen LogP contribution in [0.25, 0.3) is 0 Å². The Hall–Kier alpha value is -2.50. The lowest BCUT2D eigenvalue weighted by Crippen LogP contribution is -2.05. The van der Waals surface area contributed by atoms with Crippen molar-refractivity contribution in [2.75, 3.05) is 31.4 Å². The predicted molar refractivity (Wildman–Crippen MR) is 83.6 cm³/mol. The third kappa shape index (κ3) is 3.98. The number of nitrogens with zero attached hydrogens (tertiary/aromatic N) is 2. The lowest BCUT2D eigenvalue weighted by molar-refractivity contribution is 0.395. The Bertz CT molecular complexity index is 590. The highest BCUT2D eigenvalue weighted by molar-refractivity contribution is 5.64. The van der Waals surface area contributed by atoms with Crippen molar-refractivity contribution in [2.45, 2.75) is 13.3 Å². The summed E-state index contributed by atoms with van der Waals surface area (Å²) in [5.41, 5.74) is 0.783. The summed E-state index contributed by atoms with van der Waals surface area (Å²) < 4.78 is 10.5. The van der Waals surface area contributed by atoms with Crippen LogP contribution in [0.4, 0.5) is 17.5 Å². The second-order valence-electron chi connectivity index (χ2n) is 4.38. The maximum Gasteiger partial charge on any atom is 0.229 e. The Morgan fingerprint density at radius 3 is 2.71 bits per heavy atom. The van der Waals surface area contributed by atoms with Crippen molar-refractivity contribution in [1.82, 2.24) is 9.97 Å². The molecule has 0 bridgehead atoms. The zero-order chi connectivity index (χ0) is 15.1. The molecular formula is C15H20N4O2. The first-order valence-corrected chi connectivity index (χ1v) is 6.82. The third-order valence-electron chi connectivity index (χ3n) is 2.87. The zero-order valence-electron chi connectivity index (χ0n) is 12.5. The van der Waals surface area contributed by atoms with Crippen LogP contribution in [0.3, 0.4) is 0 Å². The molecule has 1 aromatic heterocycles. The summed E-state index contributed by atoms with van der Waals surface area (Å²) in [6.07, 6.45) is 2.75. The third-order valence-corrected chi connectivity index (χ3v) is 2.87. The fourth-order valence-corrected chi connectivity index (χ4v) is 1.79. The Balaban J connectivity index is 2.17. The zero-order valence-corrected chi connectivity index (χ0v) is 12.5. The van der Waals surface area contributed by atoms with Crippen molar-refractivity contribution in [3.05, 3.63) is 30.5 Å². The molecule has 0 saturated heterocycles. The molecule has 0 aliphatic carbocycles. The molecule has 1 aromatic carbocycles. The van der Waals surface area contributed by atoms with Gasteiger partial charge in [0, 0.05) is 18.8 Å². The van der Waals surface area contributed by atoms with Gasteiger partial charge in [0.2, 0.25) is 5.95 Å². The Labute approximate surface area is 124 Å². The average Bonchev–Trinajstić information content (AvgIpc) is 2.53. The van der Waals surface area contributed by atoms with Crippen LogP contribution in [0, 0.1) is 0 Å². The minimum absolute atomic E-state index is 0.513. The Morgan fingerprint density at radius 2 is 2.00 bits per heavy atom. The van der Waals surface area contributed by atoms with Gasteiger partial charge in [0.05, 0.1) is 19.9 Å². The van der Waals surface area contributed by atoms with Gasteiger partial charge in [-0.2, -0.15) is 4.98 Å². The number of aromatic nitrogens is 2. The molecule has 0 radical (unpaired) electrons. The van der Waals surface area contributed by atoms with Crippen LogP contribution in [-0.2, 0) is 0 Å². The molecule has 0 atom stereocenters. The molecule has 0 amide bonds. The van der Waals surface area contributed by atoms with Crippen molar-refractivity contribution in [1.29, 1.82) is 0 Å². The molecule has 0 fully saturated rings. The first-order valence-electron chi connectivity index (χ1n) is 6.82. The standard InChI is InChI=1S/C15H20N4O2/c1-4-8-16-14-7-9-17-15(19-14)18-12-6-5-11(20-2)10-13(12)21-3/h5-7,9-10H,4,8H2,1-3H3,(H2,16,17,18,19). The number of anilines is 3. The van der Waals surface area contributed by atoms with Gasteiger partial charge in [-0.05, 0) is 24.6 Å². The van der Waals surface area contributed by atoms with E-state index < -0.39 is 0 Å². The van der Waals surface area contributed by atoms with E-state index >= 15 is 0 Å². The molecule has 1 heterocycles. The van der Waals surface area contributed by atoms with Gasteiger partial charge in [-0.3, -0.25) is 0 Å². The second kappa shape index (κ2) is 7.33. The first kappa shape index (κ1) is 14.9. The van der Waals surface area contributed by atoms with Crippen LogP contribution in [0.1, 0.15) is 13.3 Å². The predicted octanol–water partition coefficient (Wildman–Crippen LogP) is 3.06. The lowest BCUT2D eigenvalue weighted by atomic mass is 10.2. The smallest absolute Gasteiger partial charge is 0.229 e. The highest BCUT2D eigenvalue weighted by Gasteiger charge is 2.07. The summed E-state index contributed by atoms with van der Waals surface area (Å²) in [5.74, 6) is 2.71. The fourth-order valence-electron chi connectivity index (χ4n) is 1.79. The van der Waals surface area contributed by atoms with Crippen LogP contribution in [0.15, 0.2) is 30.5 Å².